The molecule has 1 aromatic heterocycles. The van der Waals surface area contributed by atoms with Gasteiger partial charge in [-0.25, -0.2) is 4.98 Å². The van der Waals surface area contributed by atoms with E-state index < -0.39 is 11.7 Å². The van der Waals surface area contributed by atoms with E-state index in [4.69, 9.17) is 0 Å². The van der Waals surface area contributed by atoms with Crippen molar-refractivity contribution in [2.75, 3.05) is 0 Å². The summed E-state index contributed by atoms with van der Waals surface area (Å²) in [6.45, 7) is 0. The molecule has 0 bridgehead atoms. The van der Waals surface area contributed by atoms with Crippen LogP contribution in [0, 0.1) is 0 Å². The van der Waals surface area contributed by atoms with Crippen LogP contribution in [-0.4, -0.2) is 15.3 Å². The normalized spacial score (nSPS) is 11.5. The Bertz CT molecular complexity index is 880. The number of carbonyl (C=O) groups excluding carboxylic acids is 1. The highest BCUT2D eigenvalue weighted by molar-refractivity contribution is 6.12. The quantitative estimate of drug-likeness (QED) is 0.670. The zero-order valence-corrected chi connectivity index (χ0v) is 12.7. The molecule has 0 N–H and O–H groups in total. The third-order valence-electron chi connectivity index (χ3n) is 3.71. The van der Waals surface area contributed by atoms with Crippen molar-refractivity contribution in [3.8, 4) is 11.4 Å². The number of aryl methyl sites for hydroxylation is 1. The highest BCUT2D eigenvalue weighted by Crippen LogP contribution is 2.30. The molecule has 3 nitrogen and oxygen atoms in total. The number of hydrogen-bond acceptors (Lipinski definition) is 2. The number of aromatic nitrogens is 2. The Morgan fingerprint density at radius 3 is 2.29 bits per heavy atom. The first-order valence-corrected chi connectivity index (χ1v) is 7.16. The van der Waals surface area contributed by atoms with Gasteiger partial charge < -0.3 is 4.57 Å². The van der Waals surface area contributed by atoms with Gasteiger partial charge in [-0.15, -0.1) is 0 Å². The van der Waals surface area contributed by atoms with E-state index in [1.165, 1.54) is 12.1 Å². The second-order valence-electron chi connectivity index (χ2n) is 5.31. The summed E-state index contributed by atoms with van der Waals surface area (Å²) in [5.41, 5.74) is 0.447. The van der Waals surface area contributed by atoms with Crippen molar-refractivity contribution in [1.29, 1.82) is 0 Å². The number of alkyl halides is 3. The Morgan fingerprint density at radius 1 is 1.04 bits per heavy atom. The summed E-state index contributed by atoms with van der Waals surface area (Å²) < 4.78 is 39.7. The number of rotatable bonds is 3. The third kappa shape index (κ3) is 2.95. The molecule has 0 amide bonds. The summed E-state index contributed by atoms with van der Waals surface area (Å²) in [6, 6.07) is 11.1. The lowest BCUT2D eigenvalue weighted by molar-refractivity contribution is -0.137. The van der Waals surface area contributed by atoms with Crippen molar-refractivity contribution in [1.82, 2.24) is 9.55 Å². The van der Waals surface area contributed by atoms with Crippen molar-refractivity contribution >= 4 is 5.78 Å². The minimum atomic E-state index is -4.42. The fourth-order valence-corrected chi connectivity index (χ4v) is 2.47. The Balaban J connectivity index is 2.01. The van der Waals surface area contributed by atoms with Crippen molar-refractivity contribution in [3.63, 3.8) is 0 Å². The van der Waals surface area contributed by atoms with Crippen LogP contribution < -0.4 is 0 Å². The summed E-state index contributed by atoms with van der Waals surface area (Å²) in [6.07, 6.45) is -1.05. The molecule has 3 rings (SSSR count). The molecule has 0 aliphatic rings. The van der Waals surface area contributed by atoms with E-state index in [2.05, 4.69) is 4.98 Å². The Morgan fingerprint density at radius 2 is 1.71 bits per heavy atom. The van der Waals surface area contributed by atoms with Gasteiger partial charge in [-0.2, -0.15) is 13.2 Å². The van der Waals surface area contributed by atoms with Gasteiger partial charge >= 0.3 is 6.18 Å². The van der Waals surface area contributed by atoms with Crippen LogP contribution in [0.1, 0.15) is 21.5 Å². The van der Waals surface area contributed by atoms with E-state index >= 15 is 0 Å². The molecule has 0 aliphatic heterocycles. The number of halogens is 3. The molecule has 3 aromatic rings. The van der Waals surface area contributed by atoms with E-state index in [1.807, 2.05) is 7.05 Å². The summed E-state index contributed by atoms with van der Waals surface area (Å²) in [7, 11) is 1.81. The number of carbonyl (C=O) groups is 1. The average Bonchev–Trinajstić information content (AvgIpc) is 2.99. The van der Waals surface area contributed by atoms with Crippen LogP contribution in [0.25, 0.3) is 11.4 Å². The zero-order chi connectivity index (χ0) is 17.3. The van der Waals surface area contributed by atoms with E-state index in [-0.39, 0.29) is 11.3 Å². The maximum atomic E-state index is 12.7. The van der Waals surface area contributed by atoms with Crippen LogP contribution in [0.3, 0.4) is 0 Å². The minimum absolute atomic E-state index is 0.199. The molecule has 0 saturated carbocycles. The van der Waals surface area contributed by atoms with E-state index in [0.29, 0.717) is 17.0 Å². The van der Waals surface area contributed by atoms with Gasteiger partial charge in [0.2, 0.25) is 0 Å². The molecule has 0 fully saturated rings. The number of nitrogens with zero attached hydrogens (tertiary/aromatic N) is 2. The SMILES string of the molecule is Cn1ccnc1-c1ccccc1C(=O)c1ccc(C(F)(F)F)cc1. The fraction of sp³-hybridized carbons (Fsp3) is 0.111. The van der Waals surface area contributed by atoms with Gasteiger partial charge in [-0.3, -0.25) is 4.79 Å². The summed E-state index contributed by atoms with van der Waals surface area (Å²) >= 11 is 0. The van der Waals surface area contributed by atoms with Gasteiger partial charge in [0, 0.05) is 36.1 Å². The third-order valence-corrected chi connectivity index (χ3v) is 3.71. The molecular weight excluding hydrogens is 317 g/mol. The Labute approximate surface area is 136 Å². The lowest BCUT2D eigenvalue weighted by Gasteiger charge is -2.10. The van der Waals surface area contributed by atoms with Crippen molar-refractivity contribution in [2.45, 2.75) is 6.18 Å². The first-order chi connectivity index (χ1) is 11.4. The molecule has 24 heavy (non-hydrogen) atoms. The molecule has 6 heteroatoms. The number of ketones is 1. The predicted molar refractivity (Wildman–Crippen MR) is 83.5 cm³/mol. The first kappa shape index (κ1) is 16.0. The van der Waals surface area contributed by atoms with Crippen LogP contribution in [0.5, 0.6) is 0 Å². The summed E-state index contributed by atoms with van der Waals surface area (Å²) in [5, 5.41) is 0. The van der Waals surface area contributed by atoms with Crippen LogP contribution >= 0.6 is 0 Å². The molecule has 0 atom stereocenters. The van der Waals surface area contributed by atoms with E-state index in [0.717, 1.165) is 12.1 Å². The standard InChI is InChI=1S/C18H13F3N2O/c1-23-11-10-22-17(23)15-5-3-2-4-14(15)16(24)12-6-8-13(9-7-12)18(19,20)21/h2-11H,1H3. The largest absolute Gasteiger partial charge is 0.416 e. The van der Waals surface area contributed by atoms with Crippen LogP contribution in [-0.2, 0) is 13.2 Å². The van der Waals surface area contributed by atoms with Gasteiger partial charge in [0.05, 0.1) is 5.56 Å². The molecule has 0 spiro atoms. The van der Waals surface area contributed by atoms with Gasteiger partial charge in [0.25, 0.3) is 0 Å². The van der Waals surface area contributed by atoms with Crippen LogP contribution in [0.2, 0.25) is 0 Å². The summed E-state index contributed by atoms with van der Waals surface area (Å²) in [5.74, 6) is 0.271. The summed E-state index contributed by atoms with van der Waals surface area (Å²) in [4.78, 5) is 16.9. The van der Waals surface area contributed by atoms with Crippen molar-refractivity contribution in [2.24, 2.45) is 7.05 Å². The molecular formula is C18H13F3N2O. The second-order valence-corrected chi connectivity index (χ2v) is 5.31. The predicted octanol–water partition coefficient (Wildman–Crippen LogP) is 4.34. The maximum Gasteiger partial charge on any atom is 0.416 e. The lowest BCUT2D eigenvalue weighted by Crippen LogP contribution is -2.08. The molecule has 0 aliphatic carbocycles. The lowest BCUT2D eigenvalue weighted by atomic mass is 9.97. The molecule has 0 unspecified atom stereocenters. The topological polar surface area (TPSA) is 34.9 Å². The molecule has 122 valence electrons. The van der Waals surface area contributed by atoms with Crippen LogP contribution in [0.15, 0.2) is 60.9 Å². The van der Waals surface area contributed by atoms with Gasteiger partial charge in [0.15, 0.2) is 5.78 Å². The zero-order valence-electron chi connectivity index (χ0n) is 12.7. The first-order valence-electron chi connectivity index (χ1n) is 7.16. The minimum Gasteiger partial charge on any atom is -0.334 e. The fourth-order valence-electron chi connectivity index (χ4n) is 2.47. The number of benzene rings is 2. The van der Waals surface area contributed by atoms with Gasteiger partial charge in [-0.1, -0.05) is 36.4 Å². The highest BCUT2D eigenvalue weighted by Gasteiger charge is 2.30. The maximum absolute atomic E-state index is 12.7. The number of imidazole rings is 1. The molecule has 0 saturated heterocycles. The van der Waals surface area contributed by atoms with Crippen molar-refractivity contribution < 1.29 is 18.0 Å². The molecule has 2 aromatic carbocycles. The second kappa shape index (κ2) is 5.96. The average molecular weight is 330 g/mol. The smallest absolute Gasteiger partial charge is 0.334 e. The molecule has 0 radical (unpaired) electrons. The Kier molecular flexibility index (Phi) is 3.97. The van der Waals surface area contributed by atoms with E-state index in [1.54, 1.807) is 41.2 Å². The van der Waals surface area contributed by atoms with E-state index in [9.17, 15) is 18.0 Å². The Hall–Kier alpha value is -2.89. The van der Waals surface area contributed by atoms with Crippen molar-refractivity contribution in [3.05, 3.63) is 77.6 Å². The molecule has 1 heterocycles. The monoisotopic (exact) mass is 330 g/mol. The highest BCUT2D eigenvalue weighted by atomic mass is 19.4. The van der Waals surface area contributed by atoms with Gasteiger partial charge in [-0.05, 0) is 12.1 Å². The number of hydrogen-bond donors (Lipinski definition) is 0. The van der Waals surface area contributed by atoms with Crippen LogP contribution in [0.4, 0.5) is 13.2 Å². The van der Waals surface area contributed by atoms with Gasteiger partial charge in [0.1, 0.15) is 5.82 Å².